The Balaban J connectivity index is 1.78. The first-order valence-corrected chi connectivity index (χ1v) is 10.8. The Hall–Kier alpha value is -2.71. The van der Waals surface area contributed by atoms with Gasteiger partial charge >= 0.3 is 5.97 Å². The quantitative estimate of drug-likeness (QED) is 0.610. The summed E-state index contributed by atoms with van der Waals surface area (Å²) in [4.78, 5) is 24.2. The maximum absolute atomic E-state index is 12.2. The molecule has 0 aliphatic carbocycles. The normalized spacial score (nSPS) is 12.2. The molecule has 0 radical (unpaired) electrons. The van der Waals surface area contributed by atoms with Crippen LogP contribution in [0, 0.1) is 6.92 Å². The van der Waals surface area contributed by atoms with E-state index in [4.69, 9.17) is 4.74 Å². The van der Waals surface area contributed by atoms with Gasteiger partial charge in [0.1, 0.15) is 0 Å². The van der Waals surface area contributed by atoms with Gasteiger partial charge in [0.25, 0.3) is 5.91 Å². The number of rotatable bonds is 9. The second-order valence-corrected chi connectivity index (χ2v) is 8.40. The number of carbonyl (C=O) groups is 2. The van der Waals surface area contributed by atoms with Crippen LogP contribution in [0.15, 0.2) is 53.4 Å². The molecule has 0 heterocycles. The van der Waals surface area contributed by atoms with Crippen LogP contribution in [-0.2, 0) is 30.8 Å². The number of hydrogen-bond acceptors (Lipinski definition) is 5. The molecule has 156 valence electrons. The van der Waals surface area contributed by atoms with Gasteiger partial charge in [-0.25, -0.2) is 13.1 Å². The zero-order valence-electron chi connectivity index (χ0n) is 16.8. The summed E-state index contributed by atoms with van der Waals surface area (Å²) in [5.74, 6) is -1.12. The number of esters is 1. The van der Waals surface area contributed by atoms with Crippen molar-refractivity contribution in [3.63, 3.8) is 0 Å². The molecule has 2 aromatic carbocycles. The van der Waals surface area contributed by atoms with E-state index in [0.717, 1.165) is 17.5 Å². The molecule has 0 saturated heterocycles. The van der Waals surface area contributed by atoms with Gasteiger partial charge in [-0.05, 0) is 50.1 Å². The fraction of sp³-hybridized carbons (Fsp3) is 0.333. The average Bonchev–Trinajstić information content (AvgIpc) is 2.68. The van der Waals surface area contributed by atoms with Gasteiger partial charge in [-0.2, -0.15) is 0 Å². The van der Waals surface area contributed by atoms with Crippen molar-refractivity contribution >= 4 is 27.6 Å². The minimum atomic E-state index is -3.70. The van der Waals surface area contributed by atoms with Crippen LogP contribution >= 0.6 is 0 Å². The minimum absolute atomic E-state index is 0.123. The topological polar surface area (TPSA) is 102 Å². The number of carbonyl (C=O) groups excluding carboxylic acids is 2. The van der Waals surface area contributed by atoms with E-state index in [9.17, 15) is 18.0 Å². The number of aryl methyl sites for hydroxylation is 2. The molecule has 0 unspecified atom stereocenters. The molecule has 2 N–H and O–H groups in total. The van der Waals surface area contributed by atoms with Crippen molar-refractivity contribution in [2.45, 2.75) is 44.6 Å². The van der Waals surface area contributed by atoms with Crippen LogP contribution < -0.4 is 10.0 Å². The summed E-state index contributed by atoms with van der Waals surface area (Å²) in [6.45, 7) is 5.24. The van der Waals surface area contributed by atoms with E-state index < -0.39 is 28.0 Å². The number of hydrogen-bond donors (Lipinski definition) is 2. The molecule has 0 saturated carbocycles. The zero-order chi connectivity index (χ0) is 21.4. The number of sulfonamides is 1. The molecule has 7 nitrogen and oxygen atoms in total. The molecular formula is C21H26N2O5S. The first-order valence-electron chi connectivity index (χ1n) is 9.37. The van der Waals surface area contributed by atoms with Crippen molar-refractivity contribution < 1.29 is 22.7 Å². The van der Waals surface area contributed by atoms with E-state index in [1.807, 2.05) is 26.0 Å². The molecule has 0 fully saturated rings. The molecule has 1 atom stereocenters. The summed E-state index contributed by atoms with van der Waals surface area (Å²) < 4.78 is 31.8. The van der Waals surface area contributed by atoms with Gasteiger partial charge < -0.3 is 10.1 Å². The summed E-state index contributed by atoms with van der Waals surface area (Å²) >= 11 is 0. The lowest BCUT2D eigenvalue weighted by molar-refractivity contribution is -0.152. The van der Waals surface area contributed by atoms with Gasteiger partial charge in [0.15, 0.2) is 6.10 Å². The third kappa shape index (κ3) is 6.99. The molecule has 0 aliphatic heterocycles. The monoisotopic (exact) mass is 418 g/mol. The Labute approximate surface area is 171 Å². The Kier molecular flexibility index (Phi) is 7.92. The molecule has 8 heteroatoms. The zero-order valence-corrected chi connectivity index (χ0v) is 17.6. The molecule has 0 aromatic heterocycles. The molecule has 2 rings (SSSR count). The molecule has 0 aliphatic rings. The van der Waals surface area contributed by atoms with Crippen LogP contribution in [0.4, 0.5) is 5.69 Å². The second-order valence-electron chi connectivity index (χ2n) is 6.63. The largest absolute Gasteiger partial charge is 0.452 e. The van der Waals surface area contributed by atoms with E-state index in [2.05, 4.69) is 10.0 Å². The van der Waals surface area contributed by atoms with Crippen LogP contribution in [0.5, 0.6) is 0 Å². The van der Waals surface area contributed by atoms with Gasteiger partial charge in [-0.3, -0.25) is 9.59 Å². The number of ether oxygens (including phenoxy) is 1. The van der Waals surface area contributed by atoms with E-state index in [0.29, 0.717) is 5.69 Å². The summed E-state index contributed by atoms with van der Waals surface area (Å²) in [6, 6.07) is 13.8. The lowest BCUT2D eigenvalue weighted by atomic mass is 10.1. The fourth-order valence-corrected chi connectivity index (χ4v) is 3.50. The number of anilines is 1. The molecule has 0 spiro atoms. The highest BCUT2D eigenvalue weighted by Gasteiger charge is 2.19. The Morgan fingerprint density at radius 3 is 2.24 bits per heavy atom. The Bertz CT molecular complexity index is 938. The Morgan fingerprint density at radius 1 is 1.03 bits per heavy atom. The summed E-state index contributed by atoms with van der Waals surface area (Å²) in [6.07, 6.45) is -0.286. The van der Waals surface area contributed by atoms with Gasteiger partial charge in [-0.15, -0.1) is 0 Å². The number of nitrogens with one attached hydrogen (secondary N) is 2. The summed E-state index contributed by atoms with van der Waals surface area (Å²) in [5, 5.41) is 2.68. The molecular weight excluding hydrogens is 392 g/mol. The van der Waals surface area contributed by atoms with Gasteiger partial charge in [-0.1, -0.05) is 36.8 Å². The minimum Gasteiger partial charge on any atom is -0.452 e. The average molecular weight is 419 g/mol. The third-order valence-corrected chi connectivity index (χ3v) is 5.74. The smallest absolute Gasteiger partial charge is 0.307 e. The highest BCUT2D eigenvalue weighted by molar-refractivity contribution is 7.89. The lowest BCUT2D eigenvalue weighted by Gasteiger charge is -2.14. The maximum atomic E-state index is 12.2. The SMILES string of the molecule is CCc1ccc(NC(=O)[C@H](C)OC(=O)CCNS(=O)(=O)c2ccc(C)cc2)cc1. The predicted octanol–water partition coefficient (Wildman–Crippen LogP) is 2.80. The van der Waals surface area contributed by atoms with Crippen LogP contribution in [-0.4, -0.2) is 32.9 Å². The molecule has 29 heavy (non-hydrogen) atoms. The number of benzene rings is 2. The fourth-order valence-electron chi connectivity index (χ4n) is 2.47. The van der Waals surface area contributed by atoms with Gasteiger partial charge in [0.2, 0.25) is 10.0 Å². The van der Waals surface area contributed by atoms with Crippen molar-refractivity contribution in [1.29, 1.82) is 0 Å². The van der Waals surface area contributed by atoms with Crippen molar-refractivity contribution in [3.8, 4) is 0 Å². The van der Waals surface area contributed by atoms with Crippen LogP contribution in [0.2, 0.25) is 0 Å². The molecule has 2 aromatic rings. The third-order valence-electron chi connectivity index (χ3n) is 4.26. The van der Waals surface area contributed by atoms with E-state index in [1.54, 1.807) is 24.3 Å². The first kappa shape index (κ1) is 22.6. The highest BCUT2D eigenvalue weighted by Crippen LogP contribution is 2.12. The Morgan fingerprint density at radius 2 is 1.66 bits per heavy atom. The van der Waals surface area contributed by atoms with E-state index >= 15 is 0 Å². The maximum Gasteiger partial charge on any atom is 0.307 e. The summed E-state index contributed by atoms with van der Waals surface area (Å²) in [7, 11) is -3.70. The van der Waals surface area contributed by atoms with Gasteiger partial charge in [0.05, 0.1) is 11.3 Å². The highest BCUT2D eigenvalue weighted by atomic mass is 32.2. The van der Waals surface area contributed by atoms with E-state index in [1.165, 1.54) is 19.1 Å². The second kappa shape index (κ2) is 10.2. The van der Waals surface area contributed by atoms with Crippen molar-refractivity contribution in [2.75, 3.05) is 11.9 Å². The number of amides is 1. The first-order chi connectivity index (χ1) is 13.7. The van der Waals surface area contributed by atoms with Crippen molar-refractivity contribution in [3.05, 3.63) is 59.7 Å². The molecule has 0 bridgehead atoms. The lowest BCUT2D eigenvalue weighted by Crippen LogP contribution is -2.32. The van der Waals surface area contributed by atoms with E-state index in [-0.39, 0.29) is 17.9 Å². The summed E-state index contributed by atoms with van der Waals surface area (Å²) in [5.41, 5.74) is 2.71. The standard InChI is InChI=1S/C21H26N2O5S/c1-4-17-7-9-18(10-8-17)23-21(25)16(3)28-20(24)13-14-22-29(26,27)19-11-5-15(2)6-12-19/h5-12,16,22H,4,13-14H2,1-3H3,(H,23,25)/t16-/m0/s1. The predicted molar refractivity (Wildman–Crippen MR) is 111 cm³/mol. The van der Waals surface area contributed by atoms with Crippen molar-refractivity contribution in [1.82, 2.24) is 4.72 Å². The van der Waals surface area contributed by atoms with Crippen LogP contribution in [0.25, 0.3) is 0 Å². The van der Waals surface area contributed by atoms with Crippen LogP contribution in [0.3, 0.4) is 0 Å². The van der Waals surface area contributed by atoms with Crippen LogP contribution in [0.1, 0.15) is 31.4 Å². The molecule has 1 amide bonds. The van der Waals surface area contributed by atoms with Gasteiger partial charge in [0, 0.05) is 12.2 Å². The van der Waals surface area contributed by atoms with Crippen molar-refractivity contribution in [2.24, 2.45) is 0 Å².